The number of aromatic amines is 1. The van der Waals surface area contributed by atoms with Gasteiger partial charge in [-0.1, -0.05) is 11.6 Å². The van der Waals surface area contributed by atoms with Crippen LogP contribution in [0.3, 0.4) is 0 Å². The number of nitrogens with zero attached hydrogens (tertiary/aromatic N) is 2. The van der Waals surface area contributed by atoms with Gasteiger partial charge in [0.2, 0.25) is 0 Å². The van der Waals surface area contributed by atoms with E-state index in [0.717, 1.165) is 42.0 Å². The Bertz CT molecular complexity index is 757. The lowest BCUT2D eigenvalue weighted by atomic mass is 9.89. The molecule has 24 heavy (non-hydrogen) atoms. The molecule has 3 rings (SSSR count). The molecule has 0 amide bonds. The van der Waals surface area contributed by atoms with E-state index in [0.29, 0.717) is 6.04 Å². The highest BCUT2D eigenvalue weighted by atomic mass is 16.1. The van der Waals surface area contributed by atoms with Gasteiger partial charge < -0.3 is 9.88 Å². The van der Waals surface area contributed by atoms with Crippen LogP contribution in [-0.4, -0.2) is 48.0 Å². The minimum absolute atomic E-state index is 0.0511. The van der Waals surface area contributed by atoms with Gasteiger partial charge in [0.1, 0.15) is 0 Å². The van der Waals surface area contributed by atoms with Crippen LogP contribution in [0.25, 0.3) is 10.9 Å². The first-order valence-corrected chi connectivity index (χ1v) is 8.95. The fraction of sp³-hybridized carbons (Fsp3) is 0.550. The number of nitrogens with one attached hydrogen (secondary N) is 1. The summed E-state index contributed by atoms with van der Waals surface area (Å²) in [6.07, 6.45) is 2.42. The van der Waals surface area contributed by atoms with Crippen LogP contribution in [0.15, 0.2) is 29.1 Å². The quantitative estimate of drug-likeness (QED) is 0.938. The van der Waals surface area contributed by atoms with E-state index in [9.17, 15) is 4.79 Å². The standard InChI is InChI=1S/C20H29N3O/c1-14-5-6-19-17(11-14)12-18(20(24)21-19)13-23-9-7-16(8-10-23)15(2)22(3)4/h5-6,11-12,15-16H,7-10,13H2,1-4H3,(H,21,24)/t15-/m1/s1. The van der Waals surface area contributed by atoms with Gasteiger partial charge in [-0.2, -0.15) is 0 Å². The van der Waals surface area contributed by atoms with E-state index >= 15 is 0 Å². The van der Waals surface area contributed by atoms with Gasteiger partial charge in [-0.15, -0.1) is 0 Å². The van der Waals surface area contributed by atoms with E-state index in [1.807, 2.05) is 12.1 Å². The molecule has 1 aliphatic rings. The summed E-state index contributed by atoms with van der Waals surface area (Å²) in [6.45, 7) is 7.31. The van der Waals surface area contributed by atoms with Crippen LogP contribution in [0.5, 0.6) is 0 Å². The van der Waals surface area contributed by atoms with Gasteiger partial charge in [0, 0.05) is 23.7 Å². The van der Waals surface area contributed by atoms with Gasteiger partial charge in [0.05, 0.1) is 0 Å². The zero-order valence-electron chi connectivity index (χ0n) is 15.3. The Balaban J connectivity index is 1.70. The summed E-state index contributed by atoms with van der Waals surface area (Å²) < 4.78 is 0. The van der Waals surface area contributed by atoms with Crippen LogP contribution in [0, 0.1) is 12.8 Å². The first-order chi connectivity index (χ1) is 11.4. The molecule has 2 aromatic rings. The van der Waals surface area contributed by atoms with Crippen molar-refractivity contribution in [2.45, 2.75) is 39.3 Å². The van der Waals surface area contributed by atoms with Crippen LogP contribution in [-0.2, 0) is 6.54 Å². The monoisotopic (exact) mass is 327 g/mol. The zero-order chi connectivity index (χ0) is 17.3. The number of fused-ring (bicyclic) bond motifs is 1. The summed E-state index contributed by atoms with van der Waals surface area (Å²) in [5.41, 5.74) is 3.08. The van der Waals surface area contributed by atoms with Crippen molar-refractivity contribution in [1.82, 2.24) is 14.8 Å². The van der Waals surface area contributed by atoms with Gasteiger partial charge in [-0.05, 0) is 83.4 Å². The van der Waals surface area contributed by atoms with E-state index in [1.54, 1.807) is 0 Å². The van der Waals surface area contributed by atoms with Crippen molar-refractivity contribution >= 4 is 10.9 Å². The number of hydrogen-bond donors (Lipinski definition) is 1. The molecular formula is C20H29N3O. The molecule has 1 N–H and O–H groups in total. The lowest BCUT2D eigenvalue weighted by Gasteiger charge is -2.37. The van der Waals surface area contributed by atoms with Gasteiger partial charge in [-0.3, -0.25) is 9.69 Å². The van der Waals surface area contributed by atoms with Crippen LogP contribution in [0.2, 0.25) is 0 Å². The van der Waals surface area contributed by atoms with E-state index < -0.39 is 0 Å². The average Bonchev–Trinajstić information content (AvgIpc) is 2.56. The van der Waals surface area contributed by atoms with E-state index in [1.165, 1.54) is 18.4 Å². The molecule has 0 bridgehead atoms. The van der Waals surface area contributed by atoms with Crippen molar-refractivity contribution in [3.8, 4) is 0 Å². The van der Waals surface area contributed by atoms with Crippen molar-refractivity contribution in [3.05, 3.63) is 45.7 Å². The molecule has 0 aliphatic carbocycles. The Morgan fingerprint density at radius 1 is 1.25 bits per heavy atom. The Morgan fingerprint density at radius 3 is 2.62 bits per heavy atom. The molecule has 0 spiro atoms. The normalized spacial score (nSPS) is 18.4. The summed E-state index contributed by atoms with van der Waals surface area (Å²) in [5, 5.41) is 1.13. The first-order valence-electron chi connectivity index (χ1n) is 8.95. The molecule has 1 fully saturated rings. The lowest BCUT2D eigenvalue weighted by molar-refractivity contribution is 0.121. The van der Waals surface area contributed by atoms with Crippen LogP contribution < -0.4 is 5.56 Å². The Labute approximate surface area is 144 Å². The lowest BCUT2D eigenvalue weighted by Crippen LogP contribution is -2.41. The highest BCUT2D eigenvalue weighted by Crippen LogP contribution is 2.24. The third kappa shape index (κ3) is 3.70. The maximum absolute atomic E-state index is 12.4. The second kappa shape index (κ2) is 7.08. The second-order valence-corrected chi connectivity index (χ2v) is 7.53. The molecular weight excluding hydrogens is 298 g/mol. The predicted molar refractivity (Wildman–Crippen MR) is 100 cm³/mol. The number of H-pyrrole nitrogens is 1. The van der Waals surface area contributed by atoms with Gasteiger partial charge in [0.15, 0.2) is 0 Å². The minimum Gasteiger partial charge on any atom is -0.322 e. The third-order valence-electron chi connectivity index (χ3n) is 5.60. The molecule has 4 heteroatoms. The topological polar surface area (TPSA) is 39.3 Å². The summed E-state index contributed by atoms with van der Waals surface area (Å²) in [7, 11) is 4.32. The van der Waals surface area contributed by atoms with Crippen LogP contribution in [0.1, 0.15) is 30.9 Å². The maximum atomic E-state index is 12.4. The Hall–Kier alpha value is -1.65. The highest BCUT2D eigenvalue weighted by molar-refractivity contribution is 5.79. The SMILES string of the molecule is Cc1ccc2[nH]c(=O)c(CN3CCC([C@@H](C)N(C)C)CC3)cc2c1. The molecule has 1 aromatic heterocycles. The number of benzene rings is 1. The molecule has 0 unspecified atom stereocenters. The molecule has 0 saturated carbocycles. The second-order valence-electron chi connectivity index (χ2n) is 7.53. The minimum atomic E-state index is 0.0511. The van der Waals surface area contributed by atoms with Gasteiger partial charge >= 0.3 is 0 Å². The number of pyridine rings is 1. The number of aromatic nitrogens is 1. The van der Waals surface area contributed by atoms with Crippen molar-refractivity contribution in [1.29, 1.82) is 0 Å². The van der Waals surface area contributed by atoms with Gasteiger partial charge in [0.25, 0.3) is 5.56 Å². The van der Waals surface area contributed by atoms with E-state index in [4.69, 9.17) is 0 Å². The van der Waals surface area contributed by atoms with E-state index in [2.05, 4.69) is 54.9 Å². The van der Waals surface area contributed by atoms with Crippen molar-refractivity contribution < 1.29 is 0 Å². The fourth-order valence-electron chi connectivity index (χ4n) is 3.74. The molecule has 1 aromatic carbocycles. The molecule has 0 radical (unpaired) electrons. The van der Waals surface area contributed by atoms with E-state index in [-0.39, 0.29) is 5.56 Å². The fourth-order valence-corrected chi connectivity index (χ4v) is 3.74. The summed E-state index contributed by atoms with van der Waals surface area (Å²) >= 11 is 0. The summed E-state index contributed by atoms with van der Waals surface area (Å²) in [5.74, 6) is 0.758. The maximum Gasteiger partial charge on any atom is 0.252 e. The Kier molecular flexibility index (Phi) is 5.07. The number of hydrogen-bond acceptors (Lipinski definition) is 3. The molecule has 4 nitrogen and oxygen atoms in total. The number of rotatable bonds is 4. The third-order valence-corrected chi connectivity index (χ3v) is 5.60. The van der Waals surface area contributed by atoms with Crippen LogP contribution in [0.4, 0.5) is 0 Å². The highest BCUT2D eigenvalue weighted by Gasteiger charge is 2.25. The van der Waals surface area contributed by atoms with Crippen LogP contribution >= 0.6 is 0 Å². The summed E-state index contributed by atoms with van der Waals surface area (Å²) in [6, 6.07) is 8.85. The zero-order valence-corrected chi connectivity index (χ0v) is 15.3. The molecule has 2 heterocycles. The largest absolute Gasteiger partial charge is 0.322 e. The summed E-state index contributed by atoms with van der Waals surface area (Å²) in [4.78, 5) is 20.1. The van der Waals surface area contributed by atoms with Crippen molar-refractivity contribution in [3.63, 3.8) is 0 Å². The first kappa shape index (κ1) is 17.2. The van der Waals surface area contributed by atoms with Crippen molar-refractivity contribution in [2.75, 3.05) is 27.2 Å². The molecule has 130 valence electrons. The molecule has 1 aliphatic heterocycles. The number of aryl methyl sites for hydroxylation is 1. The smallest absolute Gasteiger partial charge is 0.252 e. The van der Waals surface area contributed by atoms with Crippen molar-refractivity contribution in [2.24, 2.45) is 5.92 Å². The molecule has 1 saturated heterocycles. The predicted octanol–water partition coefficient (Wildman–Crippen LogP) is 3.00. The average molecular weight is 327 g/mol. The Morgan fingerprint density at radius 2 is 1.96 bits per heavy atom. The van der Waals surface area contributed by atoms with Gasteiger partial charge in [-0.25, -0.2) is 0 Å². The number of piperidine rings is 1. The molecule has 1 atom stereocenters. The number of likely N-dealkylation sites (tertiary alicyclic amines) is 1.